The number of nitrogens with zero attached hydrogens (tertiary/aromatic N) is 4. The number of carbonyl (C=O) groups excluding carboxylic acids is 2. The summed E-state index contributed by atoms with van der Waals surface area (Å²) in [5, 5.41) is 22.0. The monoisotopic (exact) mass is 365 g/mol. The molecule has 1 atom stereocenters. The number of anilines is 2. The van der Waals surface area contributed by atoms with Crippen LogP contribution in [-0.4, -0.2) is 33.5 Å². The predicted molar refractivity (Wildman–Crippen MR) is 86.8 cm³/mol. The summed E-state index contributed by atoms with van der Waals surface area (Å²) in [6.45, 7) is 1.79. The van der Waals surface area contributed by atoms with Crippen LogP contribution < -0.4 is 10.2 Å². The lowest BCUT2D eigenvalue weighted by Crippen LogP contribution is -2.28. The first-order valence-corrected chi connectivity index (χ1v) is 8.02. The summed E-state index contributed by atoms with van der Waals surface area (Å²) in [5.74, 6) is -2.37. The third-order valence-electron chi connectivity index (χ3n) is 3.69. The fraction of sp³-hybridized carbons (Fsp3) is 0.286. The molecule has 2 heterocycles. The van der Waals surface area contributed by atoms with Crippen molar-refractivity contribution in [2.75, 3.05) is 16.8 Å². The predicted octanol–water partition coefficient (Wildman–Crippen LogP) is 1.89. The van der Waals surface area contributed by atoms with Gasteiger partial charge in [0.1, 0.15) is 5.01 Å². The highest BCUT2D eigenvalue weighted by molar-refractivity contribution is 7.15. The summed E-state index contributed by atoms with van der Waals surface area (Å²) in [4.78, 5) is 35.6. The standard InChI is InChI=1S/C14H12FN5O4S/c1-7-17-18-14(25-7)16-13(22)8-4-12(21)19(6-8)9-2-3-10(15)11(5-9)20(23)24/h2-3,5,8H,4,6H2,1H3,(H,16,18,22). The highest BCUT2D eigenvalue weighted by Crippen LogP contribution is 2.30. The van der Waals surface area contributed by atoms with Crippen molar-refractivity contribution < 1.29 is 18.9 Å². The number of hydrogen-bond acceptors (Lipinski definition) is 7. The number of amides is 2. The quantitative estimate of drug-likeness (QED) is 0.653. The van der Waals surface area contributed by atoms with Crippen molar-refractivity contribution in [2.24, 2.45) is 5.92 Å². The maximum absolute atomic E-state index is 13.4. The highest BCUT2D eigenvalue weighted by atomic mass is 32.1. The van der Waals surface area contributed by atoms with Gasteiger partial charge in [-0.25, -0.2) is 0 Å². The van der Waals surface area contributed by atoms with Gasteiger partial charge in [-0.1, -0.05) is 11.3 Å². The first-order valence-electron chi connectivity index (χ1n) is 7.20. The van der Waals surface area contributed by atoms with E-state index in [1.807, 2.05) is 0 Å². The van der Waals surface area contributed by atoms with Crippen LogP contribution in [0.3, 0.4) is 0 Å². The second-order valence-electron chi connectivity index (χ2n) is 5.41. The molecular formula is C14H12FN5O4S. The Balaban J connectivity index is 1.75. The average molecular weight is 365 g/mol. The molecule has 1 aliphatic heterocycles. The molecule has 1 saturated heterocycles. The van der Waals surface area contributed by atoms with Crippen LogP contribution in [0, 0.1) is 28.8 Å². The van der Waals surface area contributed by atoms with Crippen molar-refractivity contribution in [3.8, 4) is 0 Å². The minimum Gasteiger partial charge on any atom is -0.311 e. The van der Waals surface area contributed by atoms with Gasteiger partial charge >= 0.3 is 5.69 Å². The van der Waals surface area contributed by atoms with Gasteiger partial charge in [0.15, 0.2) is 0 Å². The molecule has 25 heavy (non-hydrogen) atoms. The van der Waals surface area contributed by atoms with Gasteiger partial charge in [-0.2, -0.15) is 4.39 Å². The summed E-state index contributed by atoms with van der Waals surface area (Å²) < 4.78 is 13.4. The van der Waals surface area contributed by atoms with Crippen LogP contribution in [0.15, 0.2) is 18.2 Å². The van der Waals surface area contributed by atoms with Crippen molar-refractivity contribution >= 4 is 39.7 Å². The van der Waals surface area contributed by atoms with Crippen LogP contribution >= 0.6 is 11.3 Å². The lowest BCUT2D eigenvalue weighted by atomic mass is 10.1. The minimum absolute atomic E-state index is 0.0468. The molecule has 1 aromatic carbocycles. The number of aryl methyl sites for hydroxylation is 1. The van der Waals surface area contributed by atoms with E-state index in [4.69, 9.17) is 0 Å². The molecule has 1 unspecified atom stereocenters. The van der Waals surface area contributed by atoms with Gasteiger partial charge in [-0.15, -0.1) is 10.2 Å². The Morgan fingerprint density at radius 3 is 2.88 bits per heavy atom. The number of nitro benzene ring substituents is 1. The summed E-state index contributed by atoms with van der Waals surface area (Å²) in [5.41, 5.74) is -0.539. The SMILES string of the molecule is Cc1nnc(NC(=O)C2CC(=O)N(c3ccc(F)c([N+](=O)[O-])c3)C2)s1. The summed E-state index contributed by atoms with van der Waals surface area (Å²) >= 11 is 1.21. The largest absolute Gasteiger partial charge is 0.311 e. The van der Waals surface area contributed by atoms with Crippen LogP contribution in [0.5, 0.6) is 0 Å². The Bertz CT molecular complexity index is 871. The van der Waals surface area contributed by atoms with Crippen LogP contribution in [0.1, 0.15) is 11.4 Å². The van der Waals surface area contributed by atoms with Gasteiger partial charge in [-0.05, 0) is 19.1 Å². The molecule has 0 bridgehead atoms. The molecule has 130 valence electrons. The Hall–Kier alpha value is -2.95. The number of hydrogen-bond donors (Lipinski definition) is 1. The first-order chi connectivity index (χ1) is 11.8. The molecule has 1 N–H and O–H groups in total. The van der Waals surface area contributed by atoms with Gasteiger partial charge in [0.25, 0.3) is 0 Å². The Labute approximate surface area is 144 Å². The van der Waals surface area contributed by atoms with E-state index < -0.39 is 22.3 Å². The molecule has 1 fully saturated rings. The molecule has 0 spiro atoms. The second kappa shape index (κ2) is 6.51. The van der Waals surface area contributed by atoms with Gasteiger partial charge < -0.3 is 10.2 Å². The fourth-order valence-corrected chi connectivity index (χ4v) is 3.09. The normalized spacial score (nSPS) is 17.0. The lowest BCUT2D eigenvalue weighted by molar-refractivity contribution is -0.387. The van der Waals surface area contributed by atoms with Crippen LogP contribution in [0.4, 0.5) is 20.9 Å². The highest BCUT2D eigenvalue weighted by Gasteiger charge is 2.36. The number of rotatable bonds is 4. The van der Waals surface area contributed by atoms with Crippen molar-refractivity contribution in [3.63, 3.8) is 0 Å². The summed E-state index contributed by atoms with van der Waals surface area (Å²) in [6.07, 6.45) is -0.0468. The second-order valence-corrected chi connectivity index (χ2v) is 6.60. The molecule has 9 nitrogen and oxygen atoms in total. The van der Waals surface area contributed by atoms with E-state index in [1.54, 1.807) is 6.92 Å². The van der Waals surface area contributed by atoms with Gasteiger partial charge in [-0.3, -0.25) is 19.7 Å². The van der Waals surface area contributed by atoms with Crippen LogP contribution in [0.2, 0.25) is 0 Å². The zero-order valence-electron chi connectivity index (χ0n) is 12.9. The molecule has 0 radical (unpaired) electrons. The number of carbonyl (C=O) groups is 2. The molecular weight excluding hydrogens is 353 g/mol. The van der Waals surface area contributed by atoms with Crippen molar-refractivity contribution in [2.45, 2.75) is 13.3 Å². The number of nitro groups is 1. The van der Waals surface area contributed by atoms with Gasteiger partial charge in [0.05, 0.1) is 16.5 Å². The van der Waals surface area contributed by atoms with E-state index in [1.165, 1.54) is 22.3 Å². The number of nitrogens with one attached hydrogen (secondary N) is 1. The average Bonchev–Trinajstić information content (AvgIpc) is 3.13. The topological polar surface area (TPSA) is 118 Å². The smallest absolute Gasteiger partial charge is 0.306 e. The number of halogens is 1. The third-order valence-corrected chi connectivity index (χ3v) is 4.44. The molecule has 2 aromatic rings. The van der Waals surface area contributed by atoms with E-state index in [0.29, 0.717) is 10.1 Å². The molecule has 0 aliphatic carbocycles. The van der Waals surface area contributed by atoms with E-state index >= 15 is 0 Å². The summed E-state index contributed by atoms with van der Waals surface area (Å²) in [6, 6.07) is 3.19. The maximum atomic E-state index is 13.4. The van der Waals surface area contributed by atoms with Crippen molar-refractivity contribution in [1.82, 2.24) is 10.2 Å². The van der Waals surface area contributed by atoms with E-state index in [2.05, 4.69) is 15.5 Å². The van der Waals surface area contributed by atoms with E-state index in [-0.39, 0.29) is 30.5 Å². The minimum atomic E-state index is -0.985. The molecule has 11 heteroatoms. The molecule has 2 amide bonds. The first kappa shape index (κ1) is 16.9. The number of benzene rings is 1. The van der Waals surface area contributed by atoms with Crippen LogP contribution in [-0.2, 0) is 9.59 Å². The van der Waals surface area contributed by atoms with Crippen molar-refractivity contribution in [3.05, 3.63) is 39.1 Å². The van der Waals surface area contributed by atoms with Gasteiger partial charge in [0.2, 0.25) is 22.8 Å². The molecule has 0 saturated carbocycles. The summed E-state index contributed by atoms with van der Waals surface area (Å²) in [7, 11) is 0. The van der Waals surface area contributed by atoms with Crippen molar-refractivity contribution in [1.29, 1.82) is 0 Å². The van der Waals surface area contributed by atoms with E-state index in [9.17, 15) is 24.1 Å². The van der Waals surface area contributed by atoms with E-state index in [0.717, 1.165) is 12.1 Å². The van der Waals surface area contributed by atoms with Gasteiger partial charge in [0, 0.05) is 19.0 Å². The molecule has 1 aromatic heterocycles. The molecule has 3 rings (SSSR count). The zero-order chi connectivity index (χ0) is 18.1. The lowest BCUT2D eigenvalue weighted by Gasteiger charge is -2.16. The van der Waals surface area contributed by atoms with Crippen LogP contribution in [0.25, 0.3) is 0 Å². The molecule has 1 aliphatic rings. The maximum Gasteiger partial charge on any atom is 0.306 e. The Morgan fingerprint density at radius 2 is 2.24 bits per heavy atom. The Kier molecular flexibility index (Phi) is 4.40. The number of aromatic nitrogens is 2. The Morgan fingerprint density at radius 1 is 1.48 bits per heavy atom. The third kappa shape index (κ3) is 3.45. The fourth-order valence-electron chi connectivity index (χ4n) is 2.50. The zero-order valence-corrected chi connectivity index (χ0v) is 13.7.